The Hall–Kier alpha value is -3.56. The molecule has 2 fully saturated rings. The molecule has 34 heavy (non-hydrogen) atoms. The molecule has 0 radical (unpaired) electrons. The van der Waals surface area contributed by atoms with Gasteiger partial charge in [-0.25, -0.2) is 19.9 Å². The van der Waals surface area contributed by atoms with E-state index < -0.39 is 11.9 Å². The number of amides is 1. The first-order valence-corrected chi connectivity index (χ1v) is 11.2. The maximum Gasteiger partial charge on any atom is 0.433 e. The summed E-state index contributed by atoms with van der Waals surface area (Å²) in [4.78, 5) is 31.9. The third-order valence-electron chi connectivity index (χ3n) is 6.59. The van der Waals surface area contributed by atoms with Crippen LogP contribution < -0.4 is 5.32 Å². The maximum atomic E-state index is 13.9. The largest absolute Gasteiger partial charge is 0.433 e. The quantitative estimate of drug-likeness (QED) is 0.599. The van der Waals surface area contributed by atoms with Crippen LogP contribution in [0.2, 0.25) is 0 Å². The molecule has 1 aliphatic heterocycles. The molecule has 7 nitrogen and oxygen atoms in total. The van der Waals surface area contributed by atoms with E-state index in [1.165, 1.54) is 0 Å². The van der Waals surface area contributed by atoms with E-state index in [0.29, 0.717) is 22.9 Å². The van der Waals surface area contributed by atoms with Crippen LogP contribution in [-0.4, -0.2) is 49.4 Å². The van der Waals surface area contributed by atoms with Crippen molar-refractivity contribution < 1.29 is 18.0 Å². The zero-order valence-electron chi connectivity index (χ0n) is 18.5. The molecule has 1 N–H and O–H groups in total. The van der Waals surface area contributed by atoms with Crippen molar-refractivity contribution in [2.75, 3.05) is 11.9 Å². The van der Waals surface area contributed by atoms with Crippen LogP contribution >= 0.6 is 0 Å². The van der Waals surface area contributed by atoms with Crippen molar-refractivity contribution in [3.63, 3.8) is 0 Å². The number of aryl methyl sites for hydroxylation is 1. The number of halogens is 3. The summed E-state index contributed by atoms with van der Waals surface area (Å²) >= 11 is 0. The number of fused-ring (bicyclic) bond motifs is 1. The second kappa shape index (κ2) is 8.66. The lowest BCUT2D eigenvalue weighted by molar-refractivity contribution is -0.141. The highest BCUT2D eigenvalue weighted by Crippen LogP contribution is 2.45. The van der Waals surface area contributed by atoms with E-state index in [1.807, 2.05) is 30.0 Å². The van der Waals surface area contributed by atoms with Gasteiger partial charge in [0.2, 0.25) is 5.95 Å². The third-order valence-corrected chi connectivity index (χ3v) is 6.59. The summed E-state index contributed by atoms with van der Waals surface area (Å²) in [6.07, 6.45) is 2.54. The third kappa shape index (κ3) is 4.20. The Bertz CT molecular complexity index is 1200. The molecule has 3 aromatic rings. The van der Waals surface area contributed by atoms with Crippen LogP contribution in [-0.2, 0) is 6.18 Å². The molecule has 0 spiro atoms. The van der Waals surface area contributed by atoms with Gasteiger partial charge >= 0.3 is 6.18 Å². The minimum Gasteiger partial charge on any atom is -0.352 e. The Morgan fingerprint density at radius 1 is 1.12 bits per heavy atom. The lowest BCUT2D eigenvalue weighted by Crippen LogP contribution is -2.47. The summed E-state index contributed by atoms with van der Waals surface area (Å²) in [5.74, 6) is 0.646. The molecular formula is C24H23F3N6O. The van der Waals surface area contributed by atoms with Crippen LogP contribution in [0.4, 0.5) is 19.1 Å². The van der Waals surface area contributed by atoms with Gasteiger partial charge in [0.25, 0.3) is 5.91 Å². The van der Waals surface area contributed by atoms with Gasteiger partial charge < -0.3 is 10.2 Å². The lowest BCUT2D eigenvalue weighted by atomic mass is 9.80. The lowest BCUT2D eigenvalue weighted by Gasteiger charge is -2.38. The fraction of sp³-hybridized carbons (Fsp3) is 0.375. The van der Waals surface area contributed by atoms with Crippen molar-refractivity contribution in [1.82, 2.24) is 24.8 Å². The van der Waals surface area contributed by atoms with Gasteiger partial charge in [-0.05, 0) is 50.3 Å². The van der Waals surface area contributed by atoms with Crippen molar-refractivity contribution in [1.29, 1.82) is 0 Å². The van der Waals surface area contributed by atoms with E-state index in [1.54, 1.807) is 18.5 Å². The number of benzene rings is 1. The highest BCUT2D eigenvalue weighted by molar-refractivity contribution is 6.01. The van der Waals surface area contributed by atoms with Gasteiger partial charge in [0.1, 0.15) is 5.69 Å². The van der Waals surface area contributed by atoms with Crippen LogP contribution in [0.3, 0.4) is 0 Å². The smallest absolute Gasteiger partial charge is 0.352 e. The number of anilines is 1. The summed E-state index contributed by atoms with van der Waals surface area (Å²) in [6.45, 7) is 2.19. The molecule has 1 saturated carbocycles. The highest BCUT2D eigenvalue weighted by atomic mass is 19.4. The second-order valence-corrected chi connectivity index (χ2v) is 8.77. The summed E-state index contributed by atoms with van der Waals surface area (Å²) in [5.41, 5.74) is 1.13. The summed E-state index contributed by atoms with van der Waals surface area (Å²) in [5, 5.41) is 2.92. The number of rotatable bonds is 5. The summed E-state index contributed by atoms with van der Waals surface area (Å²) in [6, 6.07) is 8.11. The number of carbonyl (C=O) groups excluding carboxylic acids is 1. The van der Waals surface area contributed by atoms with Gasteiger partial charge in [0.05, 0.1) is 11.6 Å². The molecule has 3 atom stereocenters. The minimum absolute atomic E-state index is 0.101. The predicted molar refractivity (Wildman–Crippen MR) is 119 cm³/mol. The Morgan fingerprint density at radius 2 is 1.91 bits per heavy atom. The predicted octanol–water partition coefficient (Wildman–Crippen LogP) is 4.37. The van der Waals surface area contributed by atoms with E-state index in [9.17, 15) is 18.0 Å². The summed E-state index contributed by atoms with van der Waals surface area (Å²) in [7, 11) is 0. The maximum absolute atomic E-state index is 13.9. The SMILES string of the molecule is Cc1ccc(-c2ncccn2)c(C(=O)N2C(CNc3nccc(C(F)(F)F)n3)CC3CCC32)c1. The Balaban J connectivity index is 1.41. The average molecular weight is 468 g/mol. The van der Waals surface area contributed by atoms with Gasteiger partial charge in [0.15, 0.2) is 5.82 Å². The van der Waals surface area contributed by atoms with Crippen molar-refractivity contribution >= 4 is 11.9 Å². The van der Waals surface area contributed by atoms with Crippen LogP contribution in [0, 0.1) is 12.8 Å². The first kappa shape index (κ1) is 22.2. The second-order valence-electron chi connectivity index (χ2n) is 8.77. The first-order chi connectivity index (χ1) is 16.3. The fourth-order valence-electron chi connectivity index (χ4n) is 4.84. The van der Waals surface area contributed by atoms with Crippen molar-refractivity contribution in [3.05, 3.63) is 65.7 Å². The molecular weight excluding hydrogens is 445 g/mol. The molecule has 10 heteroatoms. The fourth-order valence-corrected chi connectivity index (χ4v) is 4.84. The van der Waals surface area contributed by atoms with Crippen LogP contribution in [0.1, 0.15) is 40.9 Å². The van der Waals surface area contributed by atoms with Gasteiger partial charge in [0, 0.05) is 36.7 Å². The van der Waals surface area contributed by atoms with Crippen molar-refractivity contribution in [2.24, 2.45) is 5.92 Å². The number of likely N-dealkylation sites (tertiary alicyclic amines) is 1. The molecule has 1 amide bonds. The molecule has 0 bridgehead atoms. The number of carbonyl (C=O) groups is 1. The minimum atomic E-state index is -4.55. The zero-order valence-corrected chi connectivity index (χ0v) is 18.5. The molecule has 1 aliphatic carbocycles. The van der Waals surface area contributed by atoms with E-state index >= 15 is 0 Å². The molecule has 2 aliphatic rings. The molecule has 1 saturated heterocycles. The first-order valence-electron chi connectivity index (χ1n) is 11.2. The molecule has 3 unspecified atom stereocenters. The standard InChI is InChI=1S/C24H23F3N6O/c1-14-3-5-17(21-28-8-2-9-29-21)18(11-14)22(34)33-16(12-15-4-6-19(15)33)13-31-23-30-10-7-20(32-23)24(25,26)27/h2-3,5,7-11,15-16,19H,4,6,12-13H2,1H3,(H,30,31,32). The zero-order chi connectivity index (χ0) is 23.9. The van der Waals surface area contributed by atoms with E-state index in [4.69, 9.17) is 0 Å². The number of nitrogens with zero attached hydrogens (tertiary/aromatic N) is 5. The number of hydrogen-bond donors (Lipinski definition) is 1. The normalized spacial score (nSPS) is 21.6. The molecule has 3 heterocycles. The monoisotopic (exact) mass is 468 g/mol. The van der Waals surface area contributed by atoms with Crippen molar-refractivity contribution in [3.8, 4) is 11.4 Å². The van der Waals surface area contributed by atoms with Crippen molar-refractivity contribution in [2.45, 2.75) is 44.4 Å². The van der Waals surface area contributed by atoms with E-state index in [-0.39, 0.29) is 30.5 Å². The van der Waals surface area contributed by atoms with Crippen LogP contribution in [0.25, 0.3) is 11.4 Å². The average Bonchev–Trinajstić information content (AvgIpc) is 3.06. The number of hydrogen-bond acceptors (Lipinski definition) is 6. The Morgan fingerprint density at radius 3 is 2.62 bits per heavy atom. The van der Waals surface area contributed by atoms with Gasteiger partial charge in [-0.1, -0.05) is 17.7 Å². The molecule has 176 valence electrons. The topological polar surface area (TPSA) is 83.9 Å². The van der Waals surface area contributed by atoms with Gasteiger partial charge in [-0.15, -0.1) is 0 Å². The highest BCUT2D eigenvalue weighted by Gasteiger charge is 2.48. The van der Waals surface area contributed by atoms with Gasteiger partial charge in [-0.2, -0.15) is 13.2 Å². The van der Waals surface area contributed by atoms with Crippen LogP contribution in [0.15, 0.2) is 48.9 Å². The van der Waals surface area contributed by atoms with E-state index in [0.717, 1.165) is 37.1 Å². The molecule has 1 aromatic carbocycles. The number of nitrogens with one attached hydrogen (secondary N) is 1. The Kier molecular flexibility index (Phi) is 5.66. The number of aromatic nitrogens is 4. The molecule has 5 rings (SSSR count). The summed E-state index contributed by atoms with van der Waals surface area (Å²) < 4.78 is 39.0. The Labute approximate surface area is 194 Å². The van der Waals surface area contributed by atoms with Crippen LogP contribution in [0.5, 0.6) is 0 Å². The number of alkyl halides is 3. The van der Waals surface area contributed by atoms with Gasteiger partial charge in [-0.3, -0.25) is 4.79 Å². The van der Waals surface area contributed by atoms with E-state index in [2.05, 4.69) is 25.3 Å². The molecule has 2 aromatic heterocycles.